The minimum Gasteiger partial charge on any atom is -0.280 e. The lowest BCUT2D eigenvalue weighted by atomic mass is 10.2. The Morgan fingerprint density at radius 3 is 1.67 bits per heavy atom. The molecule has 0 aromatic heterocycles. The maximum atomic E-state index is 12.6. The molecule has 27 heavy (non-hydrogen) atoms. The molecule has 11 heteroatoms. The fourth-order valence-corrected chi connectivity index (χ4v) is 4.43. The Bertz CT molecular complexity index is 999. The molecule has 6 nitrogen and oxygen atoms in total. The van der Waals surface area contributed by atoms with Gasteiger partial charge >= 0.3 is 6.18 Å². The first-order valence-electron chi connectivity index (χ1n) is 7.64. The number of nitrogens with one attached hydrogen (secondary N) is 2. The fraction of sp³-hybridized carbons (Fsp3) is 0.250. The third-order valence-electron chi connectivity index (χ3n) is 3.30. The van der Waals surface area contributed by atoms with E-state index in [9.17, 15) is 30.0 Å². The molecule has 0 aliphatic heterocycles. The normalized spacial score (nSPS) is 13.0. The van der Waals surface area contributed by atoms with E-state index in [1.165, 1.54) is 24.3 Å². The van der Waals surface area contributed by atoms with Gasteiger partial charge in [0.05, 0.1) is 15.4 Å². The van der Waals surface area contributed by atoms with Crippen molar-refractivity contribution in [1.82, 2.24) is 4.72 Å². The number of rotatable bonds is 6. The molecule has 2 aromatic rings. The maximum Gasteiger partial charge on any atom is 0.416 e. The quantitative estimate of drug-likeness (QED) is 0.748. The molecular formula is C16H17F3N2O4S2. The van der Waals surface area contributed by atoms with Crippen LogP contribution in [0.3, 0.4) is 0 Å². The van der Waals surface area contributed by atoms with E-state index in [1.807, 2.05) is 0 Å². The molecule has 0 amide bonds. The van der Waals surface area contributed by atoms with Crippen LogP contribution in [-0.4, -0.2) is 22.9 Å². The second-order valence-corrected chi connectivity index (χ2v) is 9.32. The zero-order valence-corrected chi connectivity index (χ0v) is 15.9. The van der Waals surface area contributed by atoms with Crippen molar-refractivity contribution in [3.8, 4) is 0 Å². The van der Waals surface area contributed by atoms with Crippen LogP contribution in [0.15, 0.2) is 58.3 Å². The van der Waals surface area contributed by atoms with Gasteiger partial charge in [0.25, 0.3) is 10.0 Å². The minimum absolute atomic E-state index is 0.0475. The van der Waals surface area contributed by atoms with Crippen molar-refractivity contribution in [1.29, 1.82) is 0 Å². The van der Waals surface area contributed by atoms with Crippen LogP contribution in [0.5, 0.6) is 0 Å². The summed E-state index contributed by atoms with van der Waals surface area (Å²) in [4.78, 5) is -0.401. The Hall–Kier alpha value is -2.11. The Kier molecular flexibility index (Phi) is 5.88. The van der Waals surface area contributed by atoms with E-state index >= 15 is 0 Å². The standard InChI is InChI=1S/C16H17F3N2O4S2/c1-11(2)20-26(22,23)15-9-5-13(6-10-15)21-27(24,25)14-7-3-12(4-8-14)16(17,18)19/h3-11,20-21H,1-2H3. The minimum atomic E-state index is -4.57. The summed E-state index contributed by atoms with van der Waals surface area (Å²) in [7, 11) is -7.85. The number of alkyl halides is 3. The van der Waals surface area contributed by atoms with E-state index in [0.717, 1.165) is 12.1 Å². The van der Waals surface area contributed by atoms with Crippen molar-refractivity contribution < 1.29 is 30.0 Å². The summed E-state index contributed by atoms with van der Waals surface area (Å²) in [5.74, 6) is 0. The van der Waals surface area contributed by atoms with Gasteiger partial charge in [0.15, 0.2) is 0 Å². The molecule has 2 rings (SSSR count). The van der Waals surface area contributed by atoms with E-state index in [2.05, 4.69) is 9.44 Å². The van der Waals surface area contributed by atoms with Gasteiger partial charge in [-0.3, -0.25) is 4.72 Å². The summed E-state index contributed by atoms with van der Waals surface area (Å²) in [6, 6.07) is 7.64. The summed E-state index contributed by atoms with van der Waals surface area (Å²) in [5.41, 5.74) is -0.896. The Morgan fingerprint density at radius 1 is 0.778 bits per heavy atom. The third kappa shape index (κ3) is 5.44. The van der Waals surface area contributed by atoms with Gasteiger partial charge in [-0.1, -0.05) is 0 Å². The number of hydrogen-bond donors (Lipinski definition) is 2. The molecule has 0 aliphatic carbocycles. The van der Waals surface area contributed by atoms with Crippen LogP contribution in [0.25, 0.3) is 0 Å². The van der Waals surface area contributed by atoms with Gasteiger partial charge in [-0.25, -0.2) is 21.6 Å². The molecule has 0 unspecified atom stereocenters. The Labute approximate surface area is 155 Å². The van der Waals surface area contributed by atoms with E-state index in [1.54, 1.807) is 13.8 Å². The topological polar surface area (TPSA) is 92.3 Å². The number of halogens is 3. The smallest absolute Gasteiger partial charge is 0.280 e. The van der Waals surface area contributed by atoms with Gasteiger partial charge < -0.3 is 0 Å². The Morgan fingerprint density at radius 2 is 1.22 bits per heavy atom. The SMILES string of the molecule is CC(C)NS(=O)(=O)c1ccc(NS(=O)(=O)c2ccc(C(F)(F)F)cc2)cc1. The fourth-order valence-electron chi connectivity index (χ4n) is 2.12. The monoisotopic (exact) mass is 422 g/mol. The maximum absolute atomic E-state index is 12.6. The first-order valence-corrected chi connectivity index (χ1v) is 10.6. The predicted octanol–water partition coefficient (Wildman–Crippen LogP) is 3.19. The largest absolute Gasteiger partial charge is 0.416 e. The van der Waals surface area contributed by atoms with Crippen molar-refractivity contribution in [2.45, 2.75) is 35.9 Å². The van der Waals surface area contributed by atoms with E-state index in [-0.39, 0.29) is 21.5 Å². The van der Waals surface area contributed by atoms with Crippen LogP contribution < -0.4 is 9.44 Å². The first-order chi connectivity index (χ1) is 12.3. The summed E-state index contributed by atoms with van der Waals surface area (Å²) in [5, 5.41) is 0. The average Bonchev–Trinajstić information content (AvgIpc) is 2.53. The van der Waals surface area contributed by atoms with E-state index < -0.39 is 31.8 Å². The van der Waals surface area contributed by atoms with Crippen molar-refractivity contribution >= 4 is 25.7 Å². The zero-order valence-electron chi connectivity index (χ0n) is 14.3. The summed E-state index contributed by atoms with van der Waals surface area (Å²) >= 11 is 0. The third-order valence-corrected chi connectivity index (χ3v) is 6.37. The highest BCUT2D eigenvalue weighted by atomic mass is 32.2. The highest BCUT2D eigenvalue weighted by molar-refractivity contribution is 7.92. The predicted molar refractivity (Wildman–Crippen MR) is 94.2 cm³/mol. The van der Waals surface area contributed by atoms with Gasteiger partial charge in [-0.05, 0) is 62.4 Å². The lowest BCUT2D eigenvalue weighted by molar-refractivity contribution is -0.137. The molecule has 148 valence electrons. The molecule has 0 heterocycles. The summed E-state index contributed by atoms with van der Waals surface area (Å²) in [6.45, 7) is 3.31. The van der Waals surface area contributed by atoms with Crippen LogP contribution in [0, 0.1) is 0 Å². The van der Waals surface area contributed by atoms with Crippen LogP contribution in [0.2, 0.25) is 0 Å². The molecule has 0 saturated carbocycles. The molecule has 2 N–H and O–H groups in total. The average molecular weight is 422 g/mol. The van der Waals surface area contributed by atoms with Gasteiger partial charge in [-0.2, -0.15) is 13.2 Å². The molecule has 2 aromatic carbocycles. The first kappa shape index (κ1) is 21.2. The molecule has 0 fully saturated rings. The van der Waals surface area contributed by atoms with Gasteiger partial charge in [0.1, 0.15) is 0 Å². The summed E-state index contributed by atoms with van der Waals surface area (Å²) in [6.07, 6.45) is -4.57. The second kappa shape index (κ2) is 7.49. The number of benzene rings is 2. The number of sulfonamides is 2. The van der Waals surface area contributed by atoms with Crippen molar-refractivity contribution in [3.63, 3.8) is 0 Å². The molecule has 0 spiro atoms. The van der Waals surface area contributed by atoms with Crippen molar-refractivity contribution in [2.24, 2.45) is 0 Å². The Balaban J connectivity index is 2.21. The second-order valence-electron chi connectivity index (χ2n) is 5.93. The molecule has 0 bridgehead atoms. The molecule has 0 radical (unpaired) electrons. The number of anilines is 1. The summed E-state index contributed by atoms with van der Waals surface area (Å²) < 4.78 is 90.8. The van der Waals surface area contributed by atoms with Crippen LogP contribution in [0.1, 0.15) is 19.4 Å². The van der Waals surface area contributed by atoms with Crippen LogP contribution in [0.4, 0.5) is 18.9 Å². The molecular weight excluding hydrogens is 405 g/mol. The van der Waals surface area contributed by atoms with Crippen LogP contribution in [-0.2, 0) is 26.2 Å². The van der Waals surface area contributed by atoms with Gasteiger partial charge in [0.2, 0.25) is 10.0 Å². The van der Waals surface area contributed by atoms with Gasteiger partial charge in [-0.15, -0.1) is 0 Å². The van der Waals surface area contributed by atoms with Gasteiger partial charge in [0, 0.05) is 11.7 Å². The van der Waals surface area contributed by atoms with Crippen LogP contribution >= 0.6 is 0 Å². The number of hydrogen-bond acceptors (Lipinski definition) is 4. The zero-order chi connectivity index (χ0) is 20.5. The van der Waals surface area contributed by atoms with Crippen molar-refractivity contribution in [3.05, 3.63) is 54.1 Å². The molecule has 0 aliphatic rings. The molecule has 0 saturated heterocycles. The van der Waals surface area contributed by atoms with E-state index in [4.69, 9.17) is 0 Å². The van der Waals surface area contributed by atoms with Crippen molar-refractivity contribution in [2.75, 3.05) is 4.72 Å². The van der Waals surface area contributed by atoms with E-state index in [0.29, 0.717) is 12.1 Å². The molecule has 0 atom stereocenters. The lowest BCUT2D eigenvalue weighted by Crippen LogP contribution is -2.30. The highest BCUT2D eigenvalue weighted by Gasteiger charge is 2.30. The highest BCUT2D eigenvalue weighted by Crippen LogP contribution is 2.30. The lowest BCUT2D eigenvalue weighted by Gasteiger charge is -2.12.